The monoisotopic (exact) mass is 549 g/mol. The largest absolute Gasteiger partial charge is 0.497 e. The quantitative estimate of drug-likeness (QED) is 0.261. The summed E-state index contributed by atoms with van der Waals surface area (Å²) in [5.41, 5.74) is 6.47. The van der Waals surface area contributed by atoms with Gasteiger partial charge in [0.15, 0.2) is 0 Å². The van der Waals surface area contributed by atoms with Gasteiger partial charge in [0.25, 0.3) is 0 Å². The van der Waals surface area contributed by atoms with Gasteiger partial charge in [-0.25, -0.2) is 0 Å². The van der Waals surface area contributed by atoms with E-state index in [0.717, 1.165) is 49.7 Å². The summed E-state index contributed by atoms with van der Waals surface area (Å²) in [6.07, 6.45) is -0.632. The SMILES string of the molecule is COc1ccc(CNc2nc(NCc3ccc(CN4CCOCC4)cc3)nc(NN3CC(=O)NC3OC)n2)cc1. The fourth-order valence-electron chi connectivity index (χ4n) is 4.38. The van der Waals surface area contributed by atoms with Crippen molar-refractivity contribution in [2.24, 2.45) is 0 Å². The molecule has 1 amide bonds. The Balaban J connectivity index is 1.26. The van der Waals surface area contributed by atoms with Gasteiger partial charge in [0.2, 0.25) is 30.1 Å². The van der Waals surface area contributed by atoms with Crippen LogP contribution in [-0.4, -0.2) is 84.2 Å². The number of hydrogen-bond donors (Lipinski definition) is 4. The average molecular weight is 550 g/mol. The van der Waals surface area contributed by atoms with Gasteiger partial charge in [0.1, 0.15) is 12.3 Å². The van der Waals surface area contributed by atoms with E-state index in [1.807, 2.05) is 24.3 Å². The molecular weight excluding hydrogens is 514 g/mol. The predicted octanol–water partition coefficient (Wildman–Crippen LogP) is 1.63. The van der Waals surface area contributed by atoms with Gasteiger partial charge in [-0.3, -0.25) is 15.1 Å². The molecule has 0 radical (unpaired) electrons. The van der Waals surface area contributed by atoms with Gasteiger partial charge in [-0.05, 0) is 28.8 Å². The van der Waals surface area contributed by atoms with Crippen LogP contribution in [0.2, 0.25) is 0 Å². The zero-order valence-electron chi connectivity index (χ0n) is 22.7. The van der Waals surface area contributed by atoms with Crippen molar-refractivity contribution >= 4 is 23.8 Å². The molecule has 212 valence electrons. The number of aromatic nitrogens is 3. The summed E-state index contributed by atoms with van der Waals surface area (Å²) in [6.45, 7) is 5.54. The summed E-state index contributed by atoms with van der Waals surface area (Å²) in [5, 5.41) is 10.9. The third-order valence-electron chi connectivity index (χ3n) is 6.58. The smallest absolute Gasteiger partial charge is 0.244 e. The molecule has 2 fully saturated rings. The molecule has 5 rings (SSSR count). The highest BCUT2D eigenvalue weighted by atomic mass is 16.5. The number of rotatable bonds is 12. The average Bonchev–Trinajstić information content (AvgIpc) is 3.35. The second-order valence-electron chi connectivity index (χ2n) is 9.46. The molecule has 2 aromatic carbocycles. The van der Waals surface area contributed by atoms with Crippen LogP contribution in [0, 0.1) is 0 Å². The van der Waals surface area contributed by atoms with Crippen LogP contribution in [-0.2, 0) is 33.9 Å². The maximum Gasteiger partial charge on any atom is 0.244 e. The van der Waals surface area contributed by atoms with Crippen molar-refractivity contribution in [1.82, 2.24) is 30.2 Å². The molecule has 2 aliphatic heterocycles. The van der Waals surface area contributed by atoms with Crippen LogP contribution in [0.5, 0.6) is 5.75 Å². The van der Waals surface area contributed by atoms with Gasteiger partial charge in [-0.1, -0.05) is 36.4 Å². The lowest BCUT2D eigenvalue weighted by Crippen LogP contribution is -2.41. The lowest BCUT2D eigenvalue weighted by atomic mass is 10.1. The molecule has 1 atom stereocenters. The van der Waals surface area contributed by atoms with E-state index in [1.165, 1.54) is 12.7 Å². The maximum absolute atomic E-state index is 11.9. The highest BCUT2D eigenvalue weighted by Gasteiger charge is 2.30. The number of amides is 1. The highest BCUT2D eigenvalue weighted by Crippen LogP contribution is 2.17. The first-order valence-corrected chi connectivity index (χ1v) is 13.2. The molecule has 0 aliphatic carbocycles. The van der Waals surface area contributed by atoms with E-state index in [1.54, 1.807) is 12.1 Å². The minimum absolute atomic E-state index is 0.0956. The second kappa shape index (κ2) is 13.3. The number of carbonyl (C=O) groups excluding carboxylic acids is 1. The van der Waals surface area contributed by atoms with Crippen molar-refractivity contribution < 1.29 is 19.0 Å². The Morgan fingerprint density at radius 1 is 0.875 bits per heavy atom. The molecule has 4 N–H and O–H groups in total. The van der Waals surface area contributed by atoms with Gasteiger partial charge in [-0.2, -0.15) is 20.0 Å². The number of anilines is 3. The molecule has 1 unspecified atom stereocenters. The molecule has 1 aromatic heterocycles. The van der Waals surface area contributed by atoms with Crippen LogP contribution in [0.3, 0.4) is 0 Å². The van der Waals surface area contributed by atoms with Crippen molar-refractivity contribution in [3.05, 3.63) is 65.2 Å². The zero-order valence-corrected chi connectivity index (χ0v) is 22.7. The number of morpholine rings is 1. The molecule has 0 bridgehead atoms. The predicted molar refractivity (Wildman–Crippen MR) is 149 cm³/mol. The van der Waals surface area contributed by atoms with Crippen molar-refractivity contribution in [1.29, 1.82) is 0 Å². The van der Waals surface area contributed by atoms with Gasteiger partial charge in [-0.15, -0.1) is 0 Å². The first-order chi connectivity index (χ1) is 19.6. The first kappa shape index (κ1) is 27.5. The minimum Gasteiger partial charge on any atom is -0.497 e. The molecule has 0 spiro atoms. The topological polar surface area (TPSA) is 138 Å². The lowest BCUT2D eigenvalue weighted by molar-refractivity contribution is -0.119. The molecular formula is C27H35N9O4. The van der Waals surface area contributed by atoms with E-state index in [0.29, 0.717) is 25.0 Å². The van der Waals surface area contributed by atoms with E-state index >= 15 is 0 Å². The fraction of sp³-hybridized carbons (Fsp3) is 0.407. The third kappa shape index (κ3) is 7.54. The van der Waals surface area contributed by atoms with E-state index in [9.17, 15) is 4.79 Å². The molecule has 13 heteroatoms. The molecule has 13 nitrogen and oxygen atoms in total. The number of benzene rings is 2. The zero-order chi connectivity index (χ0) is 27.7. The number of ether oxygens (including phenoxy) is 3. The van der Waals surface area contributed by atoms with E-state index in [-0.39, 0.29) is 18.4 Å². The number of hydrazine groups is 1. The molecule has 40 heavy (non-hydrogen) atoms. The summed E-state index contributed by atoms with van der Waals surface area (Å²) < 4.78 is 16.0. The van der Waals surface area contributed by atoms with Crippen molar-refractivity contribution in [2.45, 2.75) is 26.0 Å². The van der Waals surface area contributed by atoms with Crippen LogP contribution in [0.15, 0.2) is 48.5 Å². The summed E-state index contributed by atoms with van der Waals surface area (Å²) in [6, 6.07) is 16.3. The van der Waals surface area contributed by atoms with Crippen LogP contribution >= 0.6 is 0 Å². The van der Waals surface area contributed by atoms with Crippen LogP contribution in [0.25, 0.3) is 0 Å². The Morgan fingerprint density at radius 2 is 1.45 bits per heavy atom. The summed E-state index contributed by atoms with van der Waals surface area (Å²) >= 11 is 0. The Bertz CT molecular complexity index is 1250. The van der Waals surface area contributed by atoms with Gasteiger partial charge < -0.3 is 30.2 Å². The molecule has 0 saturated carbocycles. The molecule has 2 saturated heterocycles. The van der Waals surface area contributed by atoms with E-state index < -0.39 is 6.35 Å². The number of carbonyl (C=O) groups is 1. The Hall–Kier alpha value is -4.04. The van der Waals surface area contributed by atoms with Crippen LogP contribution < -0.4 is 26.1 Å². The van der Waals surface area contributed by atoms with Gasteiger partial charge >= 0.3 is 0 Å². The van der Waals surface area contributed by atoms with Crippen LogP contribution in [0.4, 0.5) is 17.8 Å². The number of nitrogens with one attached hydrogen (secondary N) is 4. The summed E-state index contributed by atoms with van der Waals surface area (Å²) in [4.78, 5) is 27.9. The van der Waals surface area contributed by atoms with Gasteiger partial charge in [0.05, 0.1) is 20.3 Å². The highest BCUT2D eigenvalue weighted by molar-refractivity contribution is 5.80. The molecule has 3 heterocycles. The molecule has 2 aliphatic rings. The number of nitrogens with zero attached hydrogens (tertiary/aromatic N) is 5. The summed E-state index contributed by atoms with van der Waals surface area (Å²) in [5.74, 6) is 1.66. The Labute approximate surface area is 233 Å². The first-order valence-electron chi connectivity index (χ1n) is 13.2. The van der Waals surface area contributed by atoms with E-state index in [4.69, 9.17) is 14.2 Å². The fourth-order valence-corrected chi connectivity index (χ4v) is 4.38. The number of methoxy groups -OCH3 is 2. The Morgan fingerprint density at radius 3 is 2.05 bits per heavy atom. The van der Waals surface area contributed by atoms with Crippen LogP contribution in [0.1, 0.15) is 16.7 Å². The minimum atomic E-state index is -0.632. The summed E-state index contributed by atoms with van der Waals surface area (Å²) in [7, 11) is 3.15. The molecule has 3 aromatic rings. The van der Waals surface area contributed by atoms with Crippen molar-refractivity contribution in [3.8, 4) is 5.75 Å². The normalized spacial score (nSPS) is 17.9. The van der Waals surface area contributed by atoms with Gasteiger partial charge in [0, 0.05) is 39.8 Å². The standard InChI is InChI=1S/C27H35N9O4/c1-38-22-9-7-20(8-10-22)16-29-25-31-24(32-26(33-25)34-36-18-23(37)30-27(36)39-2)28-15-19-3-5-21(6-4-19)17-35-11-13-40-14-12-35/h3-10,27H,11-18H2,1-2H3,(H,30,37)(H3,28,29,31,32,33,34). The Kier molecular flexibility index (Phi) is 9.18. The lowest BCUT2D eigenvalue weighted by Gasteiger charge is -2.26. The maximum atomic E-state index is 11.9. The third-order valence-corrected chi connectivity index (χ3v) is 6.58. The number of hydrogen-bond acceptors (Lipinski definition) is 12. The van der Waals surface area contributed by atoms with Crippen molar-refractivity contribution in [2.75, 3.05) is 63.1 Å². The van der Waals surface area contributed by atoms with Crippen molar-refractivity contribution in [3.63, 3.8) is 0 Å². The second-order valence-corrected chi connectivity index (χ2v) is 9.46. The van der Waals surface area contributed by atoms with E-state index in [2.05, 4.69) is 65.5 Å².